The Hall–Kier alpha value is -3.56. The van der Waals surface area contributed by atoms with E-state index in [1.54, 1.807) is 4.57 Å². The smallest absolute Gasteiger partial charge is 0.408 e. The molecule has 0 radical (unpaired) electrons. The van der Waals surface area contributed by atoms with Crippen LogP contribution in [0.2, 0.25) is 0 Å². The highest BCUT2D eigenvalue weighted by molar-refractivity contribution is 9.10. The average molecular weight is 505 g/mol. The van der Waals surface area contributed by atoms with Crippen LogP contribution in [0.3, 0.4) is 0 Å². The number of hydrogen-bond acceptors (Lipinski definition) is 7. The van der Waals surface area contributed by atoms with E-state index in [1.807, 2.05) is 74.4 Å². The molecule has 9 heteroatoms. The lowest BCUT2D eigenvalue weighted by atomic mass is 10.00. The van der Waals surface area contributed by atoms with Crippen LogP contribution in [0.5, 0.6) is 0 Å². The highest BCUT2D eigenvalue weighted by Crippen LogP contribution is 2.35. The minimum Gasteiger partial charge on any atom is -0.408 e. The minimum absolute atomic E-state index is 0.147. The number of nitrogens with two attached hydrogens (primary N) is 1. The molecule has 0 amide bonds. The van der Waals surface area contributed by atoms with Crippen molar-refractivity contribution in [1.29, 1.82) is 0 Å². The van der Waals surface area contributed by atoms with Crippen molar-refractivity contribution in [1.82, 2.24) is 24.4 Å². The van der Waals surface area contributed by atoms with Crippen molar-refractivity contribution in [3.05, 3.63) is 69.9 Å². The lowest BCUT2D eigenvalue weighted by molar-refractivity contribution is 0.230. The third kappa shape index (κ3) is 3.69. The second-order valence-corrected chi connectivity index (χ2v) is 8.95. The van der Waals surface area contributed by atoms with Crippen LogP contribution in [0.25, 0.3) is 44.5 Å². The molecule has 1 atom stereocenters. The Morgan fingerprint density at radius 3 is 2.67 bits per heavy atom. The number of pyridine rings is 1. The SMILES string of the molecule is CC(N(C)C)n1c(=O)oc2cc(-c3cc(-c4cccc(Br)c4)c4c(N)ncnc4n3)ccc21. The van der Waals surface area contributed by atoms with Gasteiger partial charge in [-0.25, -0.2) is 19.7 Å². The highest BCUT2D eigenvalue weighted by Gasteiger charge is 2.19. The summed E-state index contributed by atoms with van der Waals surface area (Å²) in [7, 11) is 3.83. The molecule has 2 aromatic carbocycles. The van der Waals surface area contributed by atoms with E-state index in [4.69, 9.17) is 15.1 Å². The van der Waals surface area contributed by atoms with Gasteiger partial charge in [0.1, 0.15) is 12.1 Å². The van der Waals surface area contributed by atoms with E-state index >= 15 is 0 Å². The van der Waals surface area contributed by atoms with Crippen molar-refractivity contribution in [2.24, 2.45) is 0 Å². The Labute approximate surface area is 197 Å². The third-order valence-corrected chi connectivity index (χ3v) is 6.29. The lowest BCUT2D eigenvalue weighted by Crippen LogP contribution is -2.29. The molecule has 1 unspecified atom stereocenters. The first-order valence-electron chi connectivity index (χ1n) is 10.3. The number of hydrogen-bond donors (Lipinski definition) is 1. The van der Waals surface area contributed by atoms with E-state index in [1.165, 1.54) is 6.33 Å². The fraction of sp³-hybridized carbons (Fsp3) is 0.167. The van der Waals surface area contributed by atoms with Gasteiger partial charge in [-0.05, 0) is 62.5 Å². The monoisotopic (exact) mass is 504 g/mol. The summed E-state index contributed by atoms with van der Waals surface area (Å²) in [4.78, 5) is 27.7. The number of aromatic nitrogens is 4. The maximum Gasteiger partial charge on any atom is 0.421 e. The molecule has 2 N–H and O–H groups in total. The molecule has 0 spiro atoms. The van der Waals surface area contributed by atoms with Gasteiger partial charge in [-0.2, -0.15) is 0 Å². The summed E-state index contributed by atoms with van der Waals surface area (Å²) in [6.07, 6.45) is 1.26. The molecular formula is C24H21BrN6O2. The first kappa shape index (κ1) is 21.3. The van der Waals surface area contributed by atoms with E-state index in [2.05, 4.69) is 25.9 Å². The zero-order chi connectivity index (χ0) is 23.3. The second kappa shape index (κ2) is 8.09. The van der Waals surface area contributed by atoms with Crippen LogP contribution in [0.15, 0.2) is 68.5 Å². The van der Waals surface area contributed by atoms with E-state index < -0.39 is 5.76 Å². The maximum atomic E-state index is 12.5. The molecule has 8 nitrogen and oxygen atoms in total. The van der Waals surface area contributed by atoms with E-state index in [-0.39, 0.29) is 6.17 Å². The molecule has 33 heavy (non-hydrogen) atoms. The standard InChI is InChI=1S/C24H21BrN6O2/c1-13(30(2)3)31-19-8-7-15(10-20(19)33-24(31)32)18-11-17(14-5-4-6-16(25)9-14)21-22(26)27-12-28-23(21)29-18/h4-13H,1-3H3,(H2,26,27,28,29). The molecule has 0 fully saturated rings. The van der Waals surface area contributed by atoms with E-state index in [9.17, 15) is 4.79 Å². The molecule has 0 aliphatic carbocycles. The Morgan fingerprint density at radius 2 is 1.91 bits per heavy atom. The molecule has 3 heterocycles. The number of nitrogens with zero attached hydrogens (tertiary/aromatic N) is 5. The lowest BCUT2D eigenvalue weighted by Gasteiger charge is -2.20. The molecule has 0 saturated heterocycles. The Morgan fingerprint density at radius 1 is 1.09 bits per heavy atom. The van der Waals surface area contributed by atoms with Crippen LogP contribution in [0.4, 0.5) is 5.82 Å². The molecule has 5 rings (SSSR count). The summed E-state index contributed by atoms with van der Waals surface area (Å²) < 4.78 is 8.15. The summed E-state index contributed by atoms with van der Waals surface area (Å²) in [6, 6.07) is 15.5. The fourth-order valence-corrected chi connectivity index (χ4v) is 4.30. The van der Waals surface area contributed by atoms with Crippen molar-refractivity contribution in [3.63, 3.8) is 0 Å². The van der Waals surface area contributed by atoms with Crippen molar-refractivity contribution in [3.8, 4) is 22.4 Å². The fourth-order valence-electron chi connectivity index (χ4n) is 3.90. The van der Waals surface area contributed by atoms with Crippen molar-refractivity contribution in [2.45, 2.75) is 13.1 Å². The van der Waals surface area contributed by atoms with Crippen molar-refractivity contribution >= 4 is 43.9 Å². The van der Waals surface area contributed by atoms with Crippen LogP contribution in [0, 0.1) is 0 Å². The quantitative estimate of drug-likeness (QED) is 0.378. The largest absolute Gasteiger partial charge is 0.421 e. The Kier molecular flexibility index (Phi) is 5.22. The number of benzene rings is 2. The van der Waals surface area contributed by atoms with Gasteiger partial charge in [-0.1, -0.05) is 34.1 Å². The normalized spacial score (nSPS) is 12.6. The van der Waals surface area contributed by atoms with Crippen LogP contribution in [-0.2, 0) is 0 Å². The van der Waals surface area contributed by atoms with Gasteiger partial charge in [0.2, 0.25) is 0 Å². The summed E-state index contributed by atoms with van der Waals surface area (Å²) >= 11 is 3.54. The molecule has 5 aromatic rings. The molecule has 3 aromatic heterocycles. The molecule has 0 aliphatic rings. The molecule has 0 bridgehead atoms. The van der Waals surface area contributed by atoms with Crippen LogP contribution < -0.4 is 11.5 Å². The van der Waals surface area contributed by atoms with Crippen LogP contribution in [-0.4, -0.2) is 38.5 Å². The number of anilines is 1. The maximum absolute atomic E-state index is 12.5. The second-order valence-electron chi connectivity index (χ2n) is 8.04. The number of oxazole rings is 1. The predicted octanol–water partition coefficient (Wildman–Crippen LogP) is 4.69. The summed E-state index contributed by atoms with van der Waals surface area (Å²) in [5, 5.41) is 0.693. The summed E-state index contributed by atoms with van der Waals surface area (Å²) in [5.74, 6) is -0.0321. The molecular weight excluding hydrogens is 484 g/mol. The topological polar surface area (TPSA) is 103 Å². The minimum atomic E-state index is -0.398. The van der Waals surface area contributed by atoms with Gasteiger partial charge in [0.05, 0.1) is 22.8 Å². The Balaban J connectivity index is 1.73. The molecule has 0 aliphatic heterocycles. The van der Waals surface area contributed by atoms with Gasteiger partial charge in [-0.15, -0.1) is 0 Å². The molecule has 0 saturated carbocycles. The van der Waals surface area contributed by atoms with Gasteiger partial charge in [0, 0.05) is 10.0 Å². The predicted molar refractivity (Wildman–Crippen MR) is 133 cm³/mol. The van der Waals surface area contributed by atoms with Gasteiger partial charge in [-0.3, -0.25) is 9.47 Å². The summed E-state index contributed by atoms with van der Waals surface area (Å²) in [6.45, 7) is 1.95. The van der Waals surface area contributed by atoms with Crippen molar-refractivity contribution < 1.29 is 4.42 Å². The van der Waals surface area contributed by atoms with Gasteiger partial charge < -0.3 is 10.2 Å². The zero-order valence-corrected chi connectivity index (χ0v) is 19.9. The van der Waals surface area contributed by atoms with E-state index in [0.717, 1.165) is 26.7 Å². The van der Waals surface area contributed by atoms with E-state index in [0.29, 0.717) is 28.1 Å². The first-order chi connectivity index (χ1) is 15.8. The Bertz CT molecular complexity index is 1570. The van der Waals surface area contributed by atoms with Crippen molar-refractivity contribution in [2.75, 3.05) is 19.8 Å². The number of rotatable bonds is 4. The summed E-state index contributed by atoms with van der Waals surface area (Å²) in [5.41, 5.74) is 11.2. The van der Waals surface area contributed by atoms with Gasteiger partial charge in [0.25, 0.3) is 0 Å². The van der Waals surface area contributed by atoms with Gasteiger partial charge >= 0.3 is 5.76 Å². The third-order valence-electron chi connectivity index (χ3n) is 5.80. The number of halogens is 1. The highest BCUT2D eigenvalue weighted by atomic mass is 79.9. The molecule has 166 valence electrons. The first-order valence-corrected chi connectivity index (χ1v) is 11.1. The van der Waals surface area contributed by atoms with Crippen LogP contribution >= 0.6 is 15.9 Å². The number of fused-ring (bicyclic) bond motifs is 2. The van der Waals surface area contributed by atoms with Gasteiger partial charge in [0.15, 0.2) is 11.2 Å². The van der Waals surface area contributed by atoms with Crippen LogP contribution in [0.1, 0.15) is 13.1 Å². The average Bonchev–Trinajstić information content (AvgIpc) is 3.12. The number of nitrogen functional groups attached to an aromatic ring is 1. The zero-order valence-electron chi connectivity index (χ0n) is 18.3.